The highest BCUT2D eigenvalue weighted by molar-refractivity contribution is 5.97. The summed E-state index contributed by atoms with van der Waals surface area (Å²) < 4.78 is 0. The SMILES string of the molecule is CC1CCC(NC(=O)[C@H](NC(=O)c2ccccc2)C(C)C)CC1. The molecule has 0 radical (unpaired) electrons. The second-order valence-electron chi connectivity index (χ2n) is 7.03. The maximum atomic E-state index is 12.6. The minimum absolute atomic E-state index is 0.0465. The summed E-state index contributed by atoms with van der Waals surface area (Å²) in [5.74, 6) is 0.535. The van der Waals surface area contributed by atoms with Gasteiger partial charge < -0.3 is 10.6 Å². The van der Waals surface area contributed by atoms with Gasteiger partial charge in [-0.25, -0.2) is 0 Å². The molecule has 23 heavy (non-hydrogen) atoms. The largest absolute Gasteiger partial charge is 0.352 e. The summed E-state index contributed by atoms with van der Waals surface area (Å²) in [5, 5.41) is 6.00. The Labute approximate surface area is 139 Å². The zero-order valence-electron chi connectivity index (χ0n) is 14.3. The summed E-state index contributed by atoms with van der Waals surface area (Å²) >= 11 is 0. The molecule has 1 aliphatic rings. The predicted molar refractivity (Wildman–Crippen MR) is 92.1 cm³/mol. The zero-order valence-corrected chi connectivity index (χ0v) is 14.3. The van der Waals surface area contributed by atoms with E-state index in [0.29, 0.717) is 5.56 Å². The van der Waals surface area contributed by atoms with Gasteiger partial charge in [-0.15, -0.1) is 0 Å². The van der Waals surface area contributed by atoms with E-state index in [0.717, 1.165) is 31.6 Å². The van der Waals surface area contributed by atoms with Crippen LogP contribution in [0.1, 0.15) is 56.8 Å². The van der Waals surface area contributed by atoms with Crippen LogP contribution >= 0.6 is 0 Å². The molecule has 1 atom stereocenters. The van der Waals surface area contributed by atoms with Gasteiger partial charge in [0.15, 0.2) is 0 Å². The lowest BCUT2D eigenvalue weighted by atomic mass is 9.87. The minimum Gasteiger partial charge on any atom is -0.352 e. The first-order valence-corrected chi connectivity index (χ1v) is 8.63. The number of carbonyl (C=O) groups is 2. The van der Waals surface area contributed by atoms with Crippen molar-refractivity contribution in [2.75, 3.05) is 0 Å². The van der Waals surface area contributed by atoms with E-state index in [9.17, 15) is 9.59 Å². The Morgan fingerprint density at radius 1 is 1.04 bits per heavy atom. The molecular weight excluding hydrogens is 288 g/mol. The molecule has 0 bridgehead atoms. The van der Waals surface area contributed by atoms with Crippen LogP contribution in [0.4, 0.5) is 0 Å². The van der Waals surface area contributed by atoms with Crippen molar-refractivity contribution in [3.05, 3.63) is 35.9 Å². The Balaban J connectivity index is 1.95. The summed E-state index contributed by atoms with van der Waals surface area (Å²) in [6.45, 7) is 6.17. The van der Waals surface area contributed by atoms with E-state index in [1.807, 2.05) is 32.0 Å². The van der Waals surface area contributed by atoms with Gasteiger partial charge in [-0.3, -0.25) is 9.59 Å². The molecule has 1 aromatic rings. The minimum atomic E-state index is -0.498. The van der Waals surface area contributed by atoms with Crippen molar-refractivity contribution in [3.63, 3.8) is 0 Å². The molecule has 1 aromatic carbocycles. The van der Waals surface area contributed by atoms with Crippen LogP contribution in [0.2, 0.25) is 0 Å². The number of amides is 2. The molecule has 126 valence electrons. The molecule has 2 N–H and O–H groups in total. The van der Waals surface area contributed by atoms with E-state index >= 15 is 0 Å². The molecule has 0 spiro atoms. The van der Waals surface area contributed by atoms with Crippen molar-refractivity contribution >= 4 is 11.8 Å². The van der Waals surface area contributed by atoms with Gasteiger partial charge in [0.05, 0.1) is 0 Å². The molecule has 4 nitrogen and oxygen atoms in total. The highest BCUT2D eigenvalue weighted by Gasteiger charge is 2.27. The Bertz CT molecular complexity index is 519. The number of nitrogens with one attached hydrogen (secondary N) is 2. The van der Waals surface area contributed by atoms with Gasteiger partial charge >= 0.3 is 0 Å². The smallest absolute Gasteiger partial charge is 0.251 e. The van der Waals surface area contributed by atoms with Gasteiger partial charge in [-0.1, -0.05) is 39.0 Å². The van der Waals surface area contributed by atoms with Gasteiger partial charge in [0.2, 0.25) is 5.91 Å². The van der Waals surface area contributed by atoms with Crippen LogP contribution in [0, 0.1) is 11.8 Å². The van der Waals surface area contributed by atoms with E-state index in [-0.39, 0.29) is 23.8 Å². The fraction of sp³-hybridized carbons (Fsp3) is 0.579. The van der Waals surface area contributed by atoms with Crippen molar-refractivity contribution in [2.45, 2.75) is 58.5 Å². The lowest BCUT2D eigenvalue weighted by molar-refractivity contribution is -0.124. The lowest BCUT2D eigenvalue weighted by Crippen LogP contribution is -2.52. The molecule has 1 fully saturated rings. The Hall–Kier alpha value is -1.84. The quantitative estimate of drug-likeness (QED) is 0.877. The second kappa shape index (κ2) is 8.14. The van der Waals surface area contributed by atoms with Gasteiger partial charge in [-0.05, 0) is 49.7 Å². The molecular formula is C19H28N2O2. The highest BCUT2D eigenvalue weighted by atomic mass is 16.2. The third-order valence-corrected chi connectivity index (χ3v) is 4.63. The van der Waals surface area contributed by atoms with Crippen LogP contribution in [0.15, 0.2) is 30.3 Å². The molecule has 1 aliphatic carbocycles. The monoisotopic (exact) mass is 316 g/mol. The molecule has 0 unspecified atom stereocenters. The maximum absolute atomic E-state index is 12.6. The molecule has 0 saturated heterocycles. The molecule has 0 heterocycles. The molecule has 0 aromatic heterocycles. The summed E-state index contributed by atoms with van der Waals surface area (Å²) in [6, 6.07) is 8.77. The van der Waals surface area contributed by atoms with Crippen LogP contribution in [-0.4, -0.2) is 23.9 Å². The zero-order chi connectivity index (χ0) is 16.8. The van der Waals surface area contributed by atoms with Crippen LogP contribution < -0.4 is 10.6 Å². The predicted octanol–water partition coefficient (Wildman–Crippen LogP) is 3.14. The Kier molecular flexibility index (Phi) is 6.20. The van der Waals surface area contributed by atoms with Crippen molar-refractivity contribution < 1.29 is 9.59 Å². The maximum Gasteiger partial charge on any atom is 0.251 e. The topological polar surface area (TPSA) is 58.2 Å². The second-order valence-corrected chi connectivity index (χ2v) is 7.03. The average molecular weight is 316 g/mol. The summed E-state index contributed by atoms with van der Waals surface area (Å²) in [7, 11) is 0. The van der Waals surface area contributed by atoms with Crippen molar-refractivity contribution in [3.8, 4) is 0 Å². The van der Waals surface area contributed by atoms with Crippen LogP contribution in [0.3, 0.4) is 0 Å². The third-order valence-electron chi connectivity index (χ3n) is 4.63. The van der Waals surface area contributed by atoms with E-state index in [4.69, 9.17) is 0 Å². The average Bonchev–Trinajstić information content (AvgIpc) is 2.55. The van der Waals surface area contributed by atoms with Gasteiger partial charge in [0.1, 0.15) is 6.04 Å². The fourth-order valence-electron chi connectivity index (χ4n) is 3.04. The summed E-state index contributed by atoms with van der Waals surface area (Å²) in [6.07, 6.45) is 4.38. The van der Waals surface area contributed by atoms with E-state index in [1.165, 1.54) is 0 Å². The standard InChI is InChI=1S/C19H28N2O2/c1-13(2)17(21-18(22)15-7-5-4-6-8-15)19(23)20-16-11-9-14(3)10-12-16/h4-8,13-14,16-17H,9-12H2,1-3H3,(H,20,23)(H,21,22)/t14?,16?,17-/m1/s1. The molecule has 1 saturated carbocycles. The molecule has 2 amide bonds. The van der Waals surface area contributed by atoms with Gasteiger partial charge in [0, 0.05) is 11.6 Å². The van der Waals surface area contributed by atoms with Gasteiger partial charge in [0.25, 0.3) is 5.91 Å². The van der Waals surface area contributed by atoms with Crippen LogP contribution in [0.5, 0.6) is 0 Å². The van der Waals surface area contributed by atoms with E-state index in [1.54, 1.807) is 12.1 Å². The number of rotatable bonds is 5. The van der Waals surface area contributed by atoms with E-state index < -0.39 is 6.04 Å². The number of hydrogen-bond acceptors (Lipinski definition) is 2. The fourth-order valence-corrected chi connectivity index (χ4v) is 3.04. The Morgan fingerprint density at radius 3 is 2.22 bits per heavy atom. The van der Waals surface area contributed by atoms with Crippen molar-refractivity contribution in [1.29, 1.82) is 0 Å². The van der Waals surface area contributed by atoms with E-state index in [2.05, 4.69) is 17.6 Å². The first-order valence-electron chi connectivity index (χ1n) is 8.63. The third kappa shape index (κ3) is 5.08. The van der Waals surface area contributed by atoms with Gasteiger partial charge in [-0.2, -0.15) is 0 Å². The molecule has 4 heteroatoms. The molecule has 0 aliphatic heterocycles. The molecule has 2 rings (SSSR count). The Morgan fingerprint density at radius 2 is 1.65 bits per heavy atom. The summed E-state index contributed by atoms with van der Waals surface area (Å²) in [5.41, 5.74) is 0.581. The van der Waals surface area contributed by atoms with Crippen molar-refractivity contribution in [1.82, 2.24) is 10.6 Å². The van der Waals surface area contributed by atoms with Crippen LogP contribution in [0.25, 0.3) is 0 Å². The first kappa shape index (κ1) is 17.5. The normalized spacial score (nSPS) is 22.4. The lowest BCUT2D eigenvalue weighted by Gasteiger charge is -2.29. The number of hydrogen-bond donors (Lipinski definition) is 2. The number of benzene rings is 1. The van der Waals surface area contributed by atoms with Crippen LogP contribution in [-0.2, 0) is 4.79 Å². The summed E-state index contributed by atoms with van der Waals surface area (Å²) in [4.78, 5) is 24.9. The van der Waals surface area contributed by atoms with Crippen molar-refractivity contribution in [2.24, 2.45) is 11.8 Å². The highest BCUT2D eigenvalue weighted by Crippen LogP contribution is 2.23. The first-order chi connectivity index (χ1) is 11.0. The number of carbonyl (C=O) groups excluding carboxylic acids is 2.